The van der Waals surface area contributed by atoms with Crippen molar-refractivity contribution in [3.8, 4) is 0 Å². The van der Waals surface area contributed by atoms with E-state index in [1.54, 1.807) is 21.3 Å². The molecule has 125 valence electrons. The maximum absolute atomic E-state index is 11.0. The van der Waals surface area contributed by atoms with Crippen LogP contribution in [0.5, 0.6) is 0 Å². The van der Waals surface area contributed by atoms with E-state index in [1.807, 2.05) is 26.0 Å². The van der Waals surface area contributed by atoms with Gasteiger partial charge in [-0.05, 0) is 46.1 Å². The normalized spacial score (nSPS) is 16.8. The molecule has 0 heterocycles. The fraction of sp³-hybridized carbons (Fsp3) is 0.611. The lowest BCUT2D eigenvalue weighted by Crippen LogP contribution is -2.49. The van der Waals surface area contributed by atoms with E-state index in [0.717, 1.165) is 18.3 Å². The zero-order valence-corrected chi connectivity index (χ0v) is 14.7. The molecule has 1 aromatic rings. The van der Waals surface area contributed by atoms with Crippen LogP contribution in [0.4, 0.5) is 0 Å². The molecule has 4 nitrogen and oxygen atoms in total. The largest absolute Gasteiger partial charge is 0.465 e. The monoisotopic (exact) mass is 317 g/mol. The molecule has 0 aliphatic heterocycles. The molecule has 2 rings (SSSR count). The second kappa shape index (κ2) is 6.29. The number of aliphatic hydroxyl groups is 1. The van der Waals surface area contributed by atoms with Gasteiger partial charge in [-0.2, -0.15) is 0 Å². The Morgan fingerprint density at radius 1 is 1.22 bits per heavy atom. The standard InChI is InChI=1S/C18H26BO4/c1-13(20)22-12-18(10-11-18)14-6-8-15(9-7-14)19-23-17(4,5)16(2,3)21/h6-9,21H,10-12H2,1-5H3. The Hall–Kier alpha value is -1.33. The van der Waals surface area contributed by atoms with Gasteiger partial charge in [0.1, 0.15) is 6.61 Å². The summed E-state index contributed by atoms with van der Waals surface area (Å²) in [4.78, 5) is 11.0. The molecule has 0 atom stereocenters. The summed E-state index contributed by atoms with van der Waals surface area (Å²) in [5, 5.41) is 10.1. The van der Waals surface area contributed by atoms with E-state index in [-0.39, 0.29) is 11.4 Å². The molecule has 1 aliphatic rings. The summed E-state index contributed by atoms with van der Waals surface area (Å²) in [6.07, 6.45) is 2.09. The average Bonchev–Trinajstić information content (AvgIpc) is 3.24. The van der Waals surface area contributed by atoms with Crippen molar-refractivity contribution in [3.05, 3.63) is 29.8 Å². The molecule has 1 N–H and O–H groups in total. The zero-order valence-electron chi connectivity index (χ0n) is 14.7. The molecule has 0 aromatic heterocycles. The molecule has 1 radical (unpaired) electrons. The van der Waals surface area contributed by atoms with Crippen molar-refractivity contribution in [1.82, 2.24) is 0 Å². The van der Waals surface area contributed by atoms with E-state index in [1.165, 1.54) is 12.5 Å². The third kappa shape index (κ3) is 4.36. The molecule has 1 saturated carbocycles. The minimum absolute atomic E-state index is 0.00256. The Bertz CT molecular complexity index is 553. The highest BCUT2D eigenvalue weighted by Gasteiger charge is 2.45. The van der Waals surface area contributed by atoms with Crippen molar-refractivity contribution in [2.45, 2.75) is 64.1 Å². The van der Waals surface area contributed by atoms with Gasteiger partial charge in [0, 0.05) is 12.3 Å². The SMILES string of the molecule is CC(=O)OCC1(c2ccc([B]OC(C)(C)C(C)(C)O)cc2)CC1. The maximum atomic E-state index is 11.0. The van der Waals surface area contributed by atoms with E-state index in [2.05, 4.69) is 12.1 Å². The van der Waals surface area contributed by atoms with Crippen LogP contribution >= 0.6 is 0 Å². The molecule has 23 heavy (non-hydrogen) atoms. The Labute approximate surface area is 139 Å². The summed E-state index contributed by atoms with van der Waals surface area (Å²) in [6.45, 7) is 9.07. The Morgan fingerprint density at radius 3 is 2.22 bits per heavy atom. The van der Waals surface area contributed by atoms with Gasteiger partial charge in [0.05, 0.1) is 11.2 Å². The fourth-order valence-corrected chi connectivity index (χ4v) is 2.18. The average molecular weight is 317 g/mol. The van der Waals surface area contributed by atoms with E-state index >= 15 is 0 Å². The third-order valence-electron chi connectivity index (χ3n) is 4.89. The molecular weight excluding hydrogens is 291 g/mol. The number of benzene rings is 1. The summed E-state index contributed by atoms with van der Waals surface area (Å²) < 4.78 is 10.9. The van der Waals surface area contributed by atoms with Crippen LogP contribution in [0.3, 0.4) is 0 Å². The first-order chi connectivity index (χ1) is 10.6. The highest BCUT2D eigenvalue weighted by atomic mass is 16.5. The Balaban J connectivity index is 1.97. The van der Waals surface area contributed by atoms with Crippen molar-refractivity contribution in [2.75, 3.05) is 6.61 Å². The predicted octanol–water partition coefficient (Wildman–Crippen LogP) is 2.09. The first kappa shape index (κ1) is 18.0. The number of hydrogen-bond acceptors (Lipinski definition) is 4. The molecule has 0 bridgehead atoms. The van der Waals surface area contributed by atoms with Crippen molar-refractivity contribution in [2.24, 2.45) is 0 Å². The van der Waals surface area contributed by atoms with Gasteiger partial charge in [-0.25, -0.2) is 0 Å². The summed E-state index contributed by atoms with van der Waals surface area (Å²) in [6, 6.07) is 8.10. The number of hydrogen-bond donors (Lipinski definition) is 1. The summed E-state index contributed by atoms with van der Waals surface area (Å²) in [5.41, 5.74) is 0.508. The number of esters is 1. The van der Waals surface area contributed by atoms with Crippen LogP contribution in [-0.2, 0) is 19.6 Å². The lowest BCUT2D eigenvalue weighted by Gasteiger charge is -2.37. The van der Waals surface area contributed by atoms with Crippen LogP contribution < -0.4 is 5.46 Å². The molecule has 0 unspecified atom stereocenters. The lowest BCUT2D eigenvalue weighted by atomic mass is 9.81. The van der Waals surface area contributed by atoms with Crippen molar-refractivity contribution in [3.63, 3.8) is 0 Å². The van der Waals surface area contributed by atoms with Crippen LogP contribution in [0.1, 0.15) is 53.0 Å². The van der Waals surface area contributed by atoms with Gasteiger partial charge < -0.3 is 14.5 Å². The van der Waals surface area contributed by atoms with Gasteiger partial charge >= 0.3 is 13.5 Å². The molecule has 1 fully saturated rings. The van der Waals surface area contributed by atoms with Crippen LogP contribution in [0.15, 0.2) is 24.3 Å². The highest BCUT2D eigenvalue weighted by molar-refractivity contribution is 6.47. The minimum atomic E-state index is -0.939. The predicted molar refractivity (Wildman–Crippen MR) is 90.8 cm³/mol. The van der Waals surface area contributed by atoms with Gasteiger partial charge in [0.2, 0.25) is 0 Å². The van der Waals surface area contributed by atoms with Crippen molar-refractivity contribution < 1.29 is 19.3 Å². The van der Waals surface area contributed by atoms with E-state index in [4.69, 9.17) is 9.39 Å². The van der Waals surface area contributed by atoms with Crippen LogP contribution in [0, 0.1) is 0 Å². The van der Waals surface area contributed by atoms with E-state index < -0.39 is 11.2 Å². The van der Waals surface area contributed by atoms with Gasteiger partial charge in [-0.1, -0.05) is 29.7 Å². The Morgan fingerprint density at radius 2 is 1.78 bits per heavy atom. The molecule has 1 aliphatic carbocycles. The summed E-state index contributed by atoms with van der Waals surface area (Å²) in [5.74, 6) is -0.233. The minimum Gasteiger partial charge on any atom is -0.465 e. The zero-order chi connectivity index (χ0) is 17.3. The summed E-state index contributed by atoms with van der Waals surface area (Å²) >= 11 is 0. The van der Waals surface area contributed by atoms with Gasteiger partial charge in [0.25, 0.3) is 0 Å². The van der Waals surface area contributed by atoms with Gasteiger partial charge in [0.15, 0.2) is 0 Å². The van der Waals surface area contributed by atoms with Crippen LogP contribution in [0.2, 0.25) is 0 Å². The van der Waals surface area contributed by atoms with Crippen LogP contribution in [-0.4, -0.2) is 36.4 Å². The second-order valence-electron chi connectivity index (χ2n) is 7.49. The van der Waals surface area contributed by atoms with E-state index in [0.29, 0.717) is 6.61 Å². The lowest BCUT2D eigenvalue weighted by molar-refractivity contribution is -0.141. The number of rotatable bonds is 7. The molecule has 0 saturated heterocycles. The molecule has 1 aromatic carbocycles. The van der Waals surface area contributed by atoms with Gasteiger partial charge in [-0.3, -0.25) is 4.79 Å². The highest BCUT2D eigenvalue weighted by Crippen LogP contribution is 2.48. The first-order valence-electron chi connectivity index (χ1n) is 8.03. The molecule has 5 heteroatoms. The Kier molecular flexibility index (Phi) is 4.93. The topological polar surface area (TPSA) is 55.8 Å². The third-order valence-corrected chi connectivity index (χ3v) is 4.89. The first-order valence-corrected chi connectivity index (χ1v) is 8.03. The molecule has 0 amide bonds. The van der Waals surface area contributed by atoms with Crippen molar-refractivity contribution in [1.29, 1.82) is 0 Å². The quantitative estimate of drug-likeness (QED) is 0.618. The number of carbonyl (C=O) groups is 1. The molecule has 0 spiro atoms. The second-order valence-corrected chi connectivity index (χ2v) is 7.49. The maximum Gasteiger partial charge on any atom is 0.330 e. The van der Waals surface area contributed by atoms with E-state index in [9.17, 15) is 9.90 Å². The number of ether oxygens (including phenoxy) is 1. The fourth-order valence-electron chi connectivity index (χ4n) is 2.18. The molecular formula is C18H26BO4. The van der Waals surface area contributed by atoms with Crippen LogP contribution in [0.25, 0.3) is 0 Å². The van der Waals surface area contributed by atoms with Crippen molar-refractivity contribution >= 4 is 18.9 Å². The summed E-state index contributed by atoms with van der Waals surface area (Å²) in [7, 11) is 1.67. The smallest absolute Gasteiger partial charge is 0.330 e. The van der Waals surface area contributed by atoms with Gasteiger partial charge in [-0.15, -0.1) is 0 Å². The number of carbonyl (C=O) groups excluding carboxylic acids is 1.